The second-order valence-electron chi connectivity index (χ2n) is 11.8. The lowest BCUT2D eigenvalue weighted by Gasteiger charge is -2.34. The van der Waals surface area contributed by atoms with Crippen molar-refractivity contribution in [1.29, 1.82) is 0 Å². The van der Waals surface area contributed by atoms with Gasteiger partial charge >= 0.3 is 6.18 Å². The largest absolute Gasteiger partial charge is 0.417 e. The maximum absolute atomic E-state index is 14.6. The van der Waals surface area contributed by atoms with Crippen LogP contribution >= 0.6 is 34.8 Å². The van der Waals surface area contributed by atoms with Gasteiger partial charge < -0.3 is 10.2 Å². The lowest BCUT2D eigenvalue weighted by atomic mass is 10.0. The second kappa shape index (κ2) is 16.5. The van der Waals surface area contributed by atoms with Crippen LogP contribution in [0.4, 0.5) is 18.9 Å². The van der Waals surface area contributed by atoms with Gasteiger partial charge in [0.05, 0.1) is 21.2 Å². The van der Waals surface area contributed by atoms with E-state index in [1.54, 1.807) is 56.3 Å². The third-order valence-corrected chi connectivity index (χ3v) is 10.8. The average molecular weight is 769 g/mol. The van der Waals surface area contributed by atoms with Crippen molar-refractivity contribution in [3.05, 3.63) is 128 Å². The Morgan fingerprint density at radius 1 is 0.880 bits per heavy atom. The van der Waals surface area contributed by atoms with Crippen molar-refractivity contribution in [1.82, 2.24) is 10.2 Å². The maximum atomic E-state index is 14.6. The molecular formula is C36H35Cl3F3N3O4S. The Hall–Kier alpha value is -3.77. The van der Waals surface area contributed by atoms with Gasteiger partial charge in [-0.2, -0.15) is 13.2 Å². The topological polar surface area (TPSA) is 86.8 Å². The molecule has 0 saturated heterocycles. The number of nitrogens with one attached hydrogen (secondary N) is 1. The number of hydrogen-bond donors (Lipinski definition) is 1. The standard InChI is InChI=1S/C36H35Cl3F3N3O4S/c1-4-24(3)43-35(47)33(18-25-8-6-5-7-9-25)44(21-26-12-13-27(37)19-32(26)39)34(46)22-45(50(48,49)29-15-10-23(2)11-16-29)28-14-17-31(38)30(20-28)36(40,41)42/h5-17,19-20,24,33H,4,18,21-22H2,1-3H3,(H,43,47)/t24-,33+/m0/s1. The van der Waals surface area contributed by atoms with E-state index in [2.05, 4.69) is 5.32 Å². The monoisotopic (exact) mass is 767 g/mol. The van der Waals surface area contributed by atoms with E-state index in [1.807, 2.05) is 6.92 Å². The molecular weight excluding hydrogens is 734 g/mol. The number of sulfonamides is 1. The lowest BCUT2D eigenvalue weighted by Crippen LogP contribution is -2.54. The average Bonchev–Trinajstić information content (AvgIpc) is 3.06. The molecule has 0 bridgehead atoms. The van der Waals surface area contributed by atoms with Crippen LogP contribution in [0.15, 0.2) is 95.9 Å². The SMILES string of the molecule is CC[C@H](C)NC(=O)[C@@H](Cc1ccccc1)N(Cc1ccc(Cl)cc1Cl)C(=O)CN(c1ccc(Cl)c(C(F)(F)F)c1)S(=O)(=O)c1ccc(C)cc1. The molecule has 0 aromatic heterocycles. The van der Waals surface area contributed by atoms with Crippen molar-refractivity contribution in [3.8, 4) is 0 Å². The molecule has 4 rings (SSSR count). The summed E-state index contributed by atoms with van der Waals surface area (Å²) in [7, 11) is -4.66. The number of carbonyl (C=O) groups is 2. The van der Waals surface area contributed by atoms with Crippen molar-refractivity contribution in [2.75, 3.05) is 10.8 Å². The summed E-state index contributed by atoms with van der Waals surface area (Å²) in [5.74, 6) is -1.39. The summed E-state index contributed by atoms with van der Waals surface area (Å²) in [6.07, 6.45) is -4.31. The highest BCUT2D eigenvalue weighted by molar-refractivity contribution is 7.92. The predicted octanol–water partition coefficient (Wildman–Crippen LogP) is 8.72. The van der Waals surface area contributed by atoms with Crippen molar-refractivity contribution in [2.45, 2.75) is 63.3 Å². The number of alkyl halides is 3. The molecule has 0 aliphatic carbocycles. The number of amides is 2. The molecule has 0 spiro atoms. The highest BCUT2D eigenvalue weighted by Crippen LogP contribution is 2.38. The Labute approximate surface area is 305 Å². The minimum absolute atomic E-state index is 0.0317. The van der Waals surface area contributed by atoms with Gasteiger partial charge in [0.25, 0.3) is 10.0 Å². The highest BCUT2D eigenvalue weighted by atomic mass is 35.5. The van der Waals surface area contributed by atoms with Crippen LogP contribution in [0.2, 0.25) is 15.1 Å². The zero-order valence-electron chi connectivity index (χ0n) is 27.3. The van der Waals surface area contributed by atoms with Gasteiger partial charge in [0, 0.05) is 29.1 Å². The summed E-state index contributed by atoms with van der Waals surface area (Å²) < 4.78 is 71.0. The second-order valence-corrected chi connectivity index (χ2v) is 14.9. The lowest BCUT2D eigenvalue weighted by molar-refractivity contribution is -0.140. The molecule has 0 saturated carbocycles. The zero-order valence-corrected chi connectivity index (χ0v) is 30.4. The number of nitrogens with zero attached hydrogens (tertiary/aromatic N) is 2. The van der Waals surface area contributed by atoms with Crippen molar-refractivity contribution < 1.29 is 31.2 Å². The number of aryl methyl sites for hydroxylation is 1. The van der Waals surface area contributed by atoms with E-state index in [1.165, 1.54) is 35.2 Å². The Morgan fingerprint density at radius 3 is 2.14 bits per heavy atom. The van der Waals surface area contributed by atoms with Gasteiger partial charge in [-0.3, -0.25) is 13.9 Å². The van der Waals surface area contributed by atoms with E-state index in [0.29, 0.717) is 32.9 Å². The molecule has 2 atom stereocenters. The Morgan fingerprint density at radius 2 is 1.54 bits per heavy atom. The number of rotatable bonds is 13. The summed E-state index contributed by atoms with van der Waals surface area (Å²) >= 11 is 18.5. The molecule has 14 heteroatoms. The number of benzene rings is 4. The third-order valence-electron chi connectivity index (χ3n) is 8.06. The van der Waals surface area contributed by atoms with Gasteiger partial charge in [0.15, 0.2) is 0 Å². The Balaban J connectivity index is 1.89. The van der Waals surface area contributed by atoms with Crippen LogP contribution in [-0.4, -0.2) is 43.8 Å². The van der Waals surface area contributed by atoms with Crippen LogP contribution in [0.3, 0.4) is 0 Å². The van der Waals surface area contributed by atoms with Crippen LogP contribution in [0, 0.1) is 6.92 Å². The Kier molecular flexibility index (Phi) is 12.9. The van der Waals surface area contributed by atoms with E-state index >= 15 is 0 Å². The molecule has 0 fully saturated rings. The fourth-order valence-electron chi connectivity index (χ4n) is 5.08. The van der Waals surface area contributed by atoms with Gasteiger partial charge in [-0.1, -0.05) is 95.8 Å². The summed E-state index contributed by atoms with van der Waals surface area (Å²) in [4.78, 5) is 29.5. The van der Waals surface area contributed by atoms with Crippen LogP contribution in [0.5, 0.6) is 0 Å². The molecule has 0 heterocycles. The minimum Gasteiger partial charge on any atom is -0.352 e. The first-order valence-corrected chi connectivity index (χ1v) is 18.1. The molecule has 7 nitrogen and oxygen atoms in total. The van der Waals surface area contributed by atoms with Crippen molar-refractivity contribution in [3.63, 3.8) is 0 Å². The molecule has 0 aliphatic heterocycles. The molecule has 4 aromatic carbocycles. The van der Waals surface area contributed by atoms with Gasteiger partial charge in [-0.15, -0.1) is 0 Å². The molecule has 0 aliphatic rings. The van der Waals surface area contributed by atoms with Gasteiger partial charge in [0.2, 0.25) is 11.8 Å². The number of anilines is 1. The third kappa shape index (κ3) is 9.72. The van der Waals surface area contributed by atoms with E-state index in [-0.39, 0.29) is 28.9 Å². The molecule has 0 unspecified atom stereocenters. The van der Waals surface area contributed by atoms with Gasteiger partial charge in [-0.25, -0.2) is 8.42 Å². The fraction of sp³-hybridized carbons (Fsp3) is 0.278. The molecule has 4 aromatic rings. The first kappa shape index (κ1) is 39.0. The first-order chi connectivity index (χ1) is 23.5. The van der Waals surface area contributed by atoms with E-state index in [4.69, 9.17) is 34.8 Å². The van der Waals surface area contributed by atoms with Gasteiger partial charge in [-0.05, 0) is 73.9 Å². The van der Waals surface area contributed by atoms with Crippen LogP contribution in [-0.2, 0) is 38.8 Å². The number of halogens is 6. The van der Waals surface area contributed by atoms with E-state index < -0.39 is 56.9 Å². The van der Waals surface area contributed by atoms with Crippen LogP contribution < -0.4 is 9.62 Å². The molecule has 2 amide bonds. The quantitative estimate of drug-likeness (QED) is 0.148. The summed E-state index contributed by atoms with van der Waals surface area (Å²) in [6, 6.07) is 20.3. The van der Waals surface area contributed by atoms with Crippen molar-refractivity contribution >= 4 is 62.3 Å². The highest BCUT2D eigenvalue weighted by Gasteiger charge is 2.38. The van der Waals surface area contributed by atoms with Crippen LogP contribution in [0.1, 0.15) is 42.5 Å². The van der Waals surface area contributed by atoms with E-state index in [0.717, 1.165) is 17.7 Å². The maximum Gasteiger partial charge on any atom is 0.417 e. The van der Waals surface area contributed by atoms with Crippen molar-refractivity contribution in [2.24, 2.45) is 0 Å². The molecule has 1 N–H and O–H groups in total. The van der Waals surface area contributed by atoms with E-state index in [9.17, 15) is 31.2 Å². The normalized spacial score (nSPS) is 13.0. The summed E-state index contributed by atoms with van der Waals surface area (Å²) in [6.45, 7) is 4.19. The summed E-state index contributed by atoms with van der Waals surface area (Å²) in [5, 5.41) is 2.78. The summed E-state index contributed by atoms with van der Waals surface area (Å²) in [5.41, 5.74) is 0.0993. The number of carbonyl (C=O) groups excluding carboxylic acids is 2. The zero-order chi connectivity index (χ0) is 36.8. The molecule has 50 heavy (non-hydrogen) atoms. The molecule has 0 radical (unpaired) electrons. The predicted molar refractivity (Wildman–Crippen MR) is 191 cm³/mol. The van der Waals surface area contributed by atoms with Gasteiger partial charge in [0.1, 0.15) is 12.6 Å². The minimum atomic E-state index is -4.93. The molecule has 266 valence electrons. The van der Waals surface area contributed by atoms with Crippen LogP contribution in [0.25, 0.3) is 0 Å². The number of hydrogen-bond acceptors (Lipinski definition) is 4. The first-order valence-electron chi connectivity index (χ1n) is 15.5. The smallest absolute Gasteiger partial charge is 0.352 e. The fourth-order valence-corrected chi connectivity index (χ4v) is 7.18. The Bertz CT molecular complexity index is 1930.